The van der Waals surface area contributed by atoms with Gasteiger partial charge in [0.2, 0.25) is 0 Å². The number of hydrogen-bond donors (Lipinski definition) is 1. The van der Waals surface area contributed by atoms with Crippen molar-refractivity contribution in [2.75, 3.05) is 6.61 Å². The number of benzene rings is 1. The maximum atomic E-state index is 12.1. The first-order valence-corrected chi connectivity index (χ1v) is 8.81. The van der Waals surface area contributed by atoms with E-state index in [9.17, 15) is 10.1 Å². The number of nitrogens with two attached hydrogens (primary N) is 1. The van der Waals surface area contributed by atoms with Crippen LogP contribution in [0.3, 0.4) is 0 Å². The van der Waals surface area contributed by atoms with Crippen molar-refractivity contribution < 1.29 is 13.9 Å². The minimum Gasteiger partial charge on any atom is -0.462 e. The number of nitriles is 3. The minimum absolute atomic E-state index is 0.0797. The zero-order chi connectivity index (χ0) is 21.4. The molecule has 1 heterocycles. The molecule has 0 amide bonds. The molecular formula is C21H15ClN4O3. The Morgan fingerprint density at radius 3 is 2.55 bits per heavy atom. The van der Waals surface area contributed by atoms with Gasteiger partial charge in [0.15, 0.2) is 5.57 Å². The molecule has 0 bridgehead atoms. The first-order chi connectivity index (χ1) is 13.9. The summed E-state index contributed by atoms with van der Waals surface area (Å²) in [7, 11) is 0. The topological polar surface area (TPSA) is 137 Å². The highest BCUT2D eigenvalue weighted by Crippen LogP contribution is 2.28. The van der Waals surface area contributed by atoms with Gasteiger partial charge < -0.3 is 14.9 Å². The van der Waals surface area contributed by atoms with Crippen molar-refractivity contribution in [3.8, 4) is 29.5 Å². The Balaban J connectivity index is 2.39. The number of carbonyl (C=O) groups excluding carboxylic acids is 1. The second kappa shape index (κ2) is 9.80. The van der Waals surface area contributed by atoms with Crippen LogP contribution in [0.5, 0.6) is 0 Å². The number of ether oxygens (including phenoxy) is 1. The van der Waals surface area contributed by atoms with Gasteiger partial charge in [0.05, 0.1) is 28.5 Å². The summed E-state index contributed by atoms with van der Waals surface area (Å²) in [6.45, 7) is 2.17. The van der Waals surface area contributed by atoms with E-state index in [-0.39, 0.29) is 39.8 Å². The van der Waals surface area contributed by atoms with Crippen LogP contribution in [0.2, 0.25) is 5.02 Å². The molecule has 0 atom stereocenters. The first kappa shape index (κ1) is 21.3. The van der Waals surface area contributed by atoms with Crippen LogP contribution in [-0.4, -0.2) is 12.6 Å². The second-order valence-corrected chi connectivity index (χ2v) is 6.12. The molecule has 0 aliphatic carbocycles. The van der Waals surface area contributed by atoms with Crippen LogP contribution in [0, 0.1) is 34.0 Å². The highest BCUT2D eigenvalue weighted by molar-refractivity contribution is 6.33. The maximum absolute atomic E-state index is 12.1. The average Bonchev–Trinajstić information content (AvgIpc) is 3.20. The minimum atomic E-state index is -0.532. The fourth-order valence-corrected chi connectivity index (χ4v) is 2.48. The van der Waals surface area contributed by atoms with E-state index in [1.807, 2.05) is 13.0 Å². The molecule has 0 saturated heterocycles. The largest absolute Gasteiger partial charge is 0.462 e. The lowest BCUT2D eigenvalue weighted by atomic mass is 10.1. The highest BCUT2D eigenvalue weighted by atomic mass is 35.5. The normalized spacial score (nSPS) is 10.4. The molecule has 0 fully saturated rings. The molecule has 8 heteroatoms. The summed E-state index contributed by atoms with van der Waals surface area (Å²) in [5, 5.41) is 27.3. The molecule has 1 aromatic heterocycles. The molecule has 2 N–H and O–H groups in total. The third-order valence-electron chi connectivity index (χ3n) is 3.73. The number of allylic oxidation sites excluding steroid dienone is 2. The molecule has 0 aliphatic rings. The van der Waals surface area contributed by atoms with E-state index in [4.69, 9.17) is 37.0 Å². The predicted octanol–water partition coefficient (Wildman–Crippen LogP) is 4.33. The highest BCUT2D eigenvalue weighted by Gasteiger charge is 2.15. The van der Waals surface area contributed by atoms with Gasteiger partial charge in [0, 0.05) is 11.6 Å². The molecule has 7 nitrogen and oxygen atoms in total. The third kappa shape index (κ3) is 5.05. The fourth-order valence-electron chi connectivity index (χ4n) is 2.29. The van der Waals surface area contributed by atoms with Gasteiger partial charge >= 0.3 is 5.97 Å². The standard InChI is InChI=1S/C21H15ClN4O3/c1-2-7-28-21(27)17-9-13(3-5-18(17)22)19-6-4-16(29-19)8-14(10-23)20(26)15(11-24)12-25/h3-6,8-9H,2,7,26H2,1H3/b14-8+. The van der Waals surface area contributed by atoms with Crippen LogP contribution in [0.15, 0.2) is 51.6 Å². The number of nitrogens with zero attached hydrogens (tertiary/aromatic N) is 3. The van der Waals surface area contributed by atoms with E-state index in [0.717, 1.165) is 0 Å². The van der Waals surface area contributed by atoms with E-state index in [2.05, 4.69) is 0 Å². The SMILES string of the molecule is CCCOC(=O)c1cc(-c2ccc(/C=C(\C#N)C(N)=C(C#N)C#N)o2)ccc1Cl. The Hall–Kier alpha value is -3.99. The summed E-state index contributed by atoms with van der Waals surface area (Å²) in [4.78, 5) is 12.1. The molecular weight excluding hydrogens is 392 g/mol. The van der Waals surface area contributed by atoms with Crippen LogP contribution < -0.4 is 5.73 Å². The van der Waals surface area contributed by atoms with Gasteiger partial charge in [-0.15, -0.1) is 0 Å². The van der Waals surface area contributed by atoms with Crippen LogP contribution in [-0.2, 0) is 4.74 Å². The summed E-state index contributed by atoms with van der Waals surface area (Å²) in [5.74, 6) is 0.161. The maximum Gasteiger partial charge on any atom is 0.339 e. The Morgan fingerprint density at radius 2 is 1.93 bits per heavy atom. The van der Waals surface area contributed by atoms with Crippen molar-refractivity contribution in [2.24, 2.45) is 5.73 Å². The Kier molecular flexibility index (Phi) is 7.20. The molecule has 2 rings (SSSR count). The van der Waals surface area contributed by atoms with Crippen molar-refractivity contribution in [1.29, 1.82) is 15.8 Å². The van der Waals surface area contributed by atoms with Crippen molar-refractivity contribution in [1.82, 2.24) is 0 Å². The summed E-state index contributed by atoms with van der Waals surface area (Å²) in [5.41, 5.74) is 5.82. The van der Waals surface area contributed by atoms with Gasteiger partial charge in [-0.2, -0.15) is 15.8 Å². The van der Waals surface area contributed by atoms with Gasteiger partial charge in [-0.1, -0.05) is 18.5 Å². The van der Waals surface area contributed by atoms with E-state index in [1.165, 1.54) is 6.08 Å². The summed E-state index contributed by atoms with van der Waals surface area (Å²) >= 11 is 6.09. The zero-order valence-corrected chi connectivity index (χ0v) is 16.2. The van der Waals surface area contributed by atoms with Crippen molar-refractivity contribution in [3.63, 3.8) is 0 Å². The van der Waals surface area contributed by atoms with E-state index in [0.29, 0.717) is 17.7 Å². The van der Waals surface area contributed by atoms with Gasteiger partial charge in [-0.3, -0.25) is 0 Å². The number of furan rings is 1. The number of carbonyl (C=O) groups is 1. The lowest BCUT2D eigenvalue weighted by molar-refractivity contribution is 0.0505. The molecule has 0 radical (unpaired) electrons. The third-order valence-corrected chi connectivity index (χ3v) is 4.05. The van der Waals surface area contributed by atoms with Crippen LogP contribution in [0.4, 0.5) is 0 Å². The Bertz CT molecular complexity index is 1110. The molecule has 0 aliphatic heterocycles. The van der Waals surface area contributed by atoms with E-state index in [1.54, 1.807) is 42.5 Å². The number of halogens is 1. The molecule has 0 unspecified atom stereocenters. The Morgan fingerprint density at radius 1 is 1.21 bits per heavy atom. The molecule has 2 aromatic rings. The number of hydrogen-bond acceptors (Lipinski definition) is 7. The zero-order valence-electron chi connectivity index (χ0n) is 15.4. The summed E-state index contributed by atoms with van der Waals surface area (Å²) < 4.78 is 10.8. The fraction of sp³-hybridized carbons (Fsp3) is 0.143. The predicted molar refractivity (Wildman–Crippen MR) is 106 cm³/mol. The smallest absolute Gasteiger partial charge is 0.339 e. The Labute approximate surface area is 172 Å². The lowest BCUT2D eigenvalue weighted by Gasteiger charge is -2.06. The van der Waals surface area contributed by atoms with Crippen molar-refractivity contribution >= 4 is 23.6 Å². The van der Waals surface area contributed by atoms with Gasteiger partial charge in [0.25, 0.3) is 0 Å². The van der Waals surface area contributed by atoms with Crippen LogP contribution >= 0.6 is 11.6 Å². The van der Waals surface area contributed by atoms with Crippen LogP contribution in [0.1, 0.15) is 29.5 Å². The summed E-state index contributed by atoms with van der Waals surface area (Å²) in [6.07, 6.45) is 2.01. The van der Waals surface area contributed by atoms with Gasteiger partial charge in [-0.05, 0) is 36.8 Å². The lowest BCUT2D eigenvalue weighted by Crippen LogP contribution is -2.06. The van der Waals surface area contributed by atoms with E-state index < -0.39 is 5.97 Å². The number of rotatable bonds is 6. The summed E-state index contributed by atoms with van der Waals surface area (Å²) in [6, 6.07) is 13.1. The monoisotopic (exact) mass is 406 g/mol. The quantitative estimate of drug-likeness (QED) is 0.428. The molecule has 0 saturated carbocycles. The van der Waals surface area contributed by atoms with E-state index >= 15 is 0 Å². The number of esters is 1. The molecule has 1 aromatic carbocycles. The van der Waals surface area contributed by atoms with Gasteiger partial charge in [-0.25, -0.2) is 4.79 Å². The average molecular weight is 407 g/mol. The first-order valence-electron chi connectivity index (χ1n) is 8.44. The second-order valence-electron chi connectivity index (χ2n) is 5.71. The van der Waals surface area contributed by atoms with Crippen LogP contribution in [0.25, 0.3) is 17.4 Å². The van der Waals surface area contributed by atoms with Gasteiger partial charge in [0.1, 0.15) is 29.7 Å². The van der Waals surface area contributed by atoms with Crippen molar-refractivity contribution in [3.05, 3.63) is 63.5 Å². The molecule has 0 spiro atoms. The molecule has 144 valence electrons. The van der Waals surface area contributed by atoms with Crippen molar-refractivity contribution in [2.45, 2.75) is 13.3 Å². The molecule has 29 heavy (non-hydrogen) atoms.